The molecule has 0 aliphatic rings. The standard InChI is InChI=1S/C14H9FI2N2OS/c15-11-7-10(17)4-5-12(11)18-14(21)19-13(20)8-2-1-3-9(16)6-8/h1-7H,(H2,18,19,20,21). The van der Waals surface area contributed by atoms with Gasteiger partial charge < -0.3 is 5.32 Å². The fourth-order valence-electron chi connectivity index (χ4n) is 1.55. The number of carbonyl (C=O) groups is 1. The van der Waals surface area contributed by atoms with Crippen molar-refractivity contribution in [1.29, 1.82) is 0 Å². The van der Waals surface area contributed by atoms with Crippen LogP contribution in [0.4, 0.5) is 10.1 Å². The summed E-state index contributed by atoms with van der Waals surface area (Å²) >= 11 is 9.16. The molecular weight excluding hydrogens is 517 g/mol. The molecular formula is C14H9FI2N2OS. The Morgan fingerprint density at radius 1 is 1.10 bits per heavy atom. The van der Waals surface area contributed by atoms with Gasteiger partial charge in [-0.2, -0.15) is 0 Å². The van der Waals surface area contributed by atoms with Crippen LogP contribution in [0.15, 0.2) is 42.5 Å². The second kappa shape index (κ2) is 7.45. The molecule has 2 N–H and O–H groups in total. The van der Waals surface area contributed by atoms with Gasteiger partial charge in [-0.3, -0.25) is 10.1 Å². The number of carbonyl (C=O) groups excluding carboxylic acids is 1. The molecule has 2 aromatic carbocycles. The Labute approximate surface area is 154 Å². The van der Waals surface area contributed by atoms with Crippen LogP contribution in [0.5, 0.6) is 0 Å². The SMILES string of the molecule is O=C(NC(=S)Nc1ccc(I)cc1F)c1cccc(I)c1. The summed E-state index contributed by atoms with van der Waals surface area (Å²) in [4.78, 5) is 12.0. The predicted octanol–water partition coefficient (Wildman–Crippen LogP) is 4.16. The normalized spacial score (nSPS) is 10.0. The van der Waals surface area contributed by atoms with Gasteiger partial charge in [0, 0.05) is 12.7 Å². The molecule has 0 aliphatic carbocycles. The Kier molecular flexibility index (Phi) is 5.88. The Bertz CT molecular complexity index is 709. The van der Waals surface area contributed by atoms with Gasteiger partial charge in [0.05, 0.1) is 5.69 Å². The molecule has 108 valence electrons. The van der Waals surface area contributed by atoms with E-state index < -0.39 is 5.82 Å². The average molecular weight is 526 g/mol. The van der Waals surface area contributed by atoms with Crippen molar-refractivity contribution in [1.82, 2.24) is 5.32 Å². The molecule has 0 spiro atoms. The van der Waals surface area contributed by atoms with E-state index in [1.54, 1.807) is 30.3 Å². The van der Waals surface area contributed by atoms with Crippen molar-refractivity contribution in [2.75, 3.05) is 5.32 Å². The summed E-state index contributed by atoms with van der Waals surface area (Å²) in [6.07, 6.45) is 0. The Balaban J connectivity index is 2.03. The van der Waals surface area contributed by atoms with Crippen LogP contribution in [0.3, 0.4) is 0 Å². The van der Waals surface area contributed by atoms with E-state index in [2.05, 4.69) is 33.2 Å². The monoisotopic (exact) mass is 526 g/mol. The van der Waals surface area contributed by atoms with Crippen molar-refractivity contribution < 1.29 is 9.18 Å². The lowest BCUT2D eigenvalue weighted by Crippen LogP contribution is -2.34. The summed E-state index contributed by atoms with van der Waals surface area (Å²) in [7, 11) is 0. The van der Waals surface area contributed by atoms with E-state index in [1.807, 2.05) is 28.7 Å². The molecule has 0 aromatic heterocycles. The van der Waals surface area contributed by atoms with Gasteiger partial charge in [0.15, 0.2) is 5.11 Å². The molecule has 2 rings (SSSR count). The molecule has 7 heteroatoms. The summed E-state index contributed by atoms with van der Waals surface area (Å²) in [5.74, 6) is -0.760. The summed E-state index contributed by atoms with van der Waals surface area (Å²) in [6.45, 7) is 0. The van der Waals surface area contributed by atoms with E-state index in [4.69, 9.17) is 12.2 Å². The molecule has 0 atom stereocenters. The number of rotatable bonds is 2. The topological polar surface area (TPSA) is 41.1 Å². The zero-order chi connectivity index (χ0) is 15.4. The molecule has 0 bridgehead atoms. The van der Waals surface area contributed by atoms with Crippen LogP contribution in [0.2, 0.25) is 0 Å². The van der Waals surface area contributed by atoms with E-state index >= 15 is 0 Å². The maximum atomic E-state index is 13.7. The van der Waals surface area contributed by atoms with E-state index in [1.165, 1.54) is 6.07 Å². The van der Waals surface area contributed by atoms with Crippen LogP contribution in [-0.2, 0) is 0 Å². The molecule has 21 heavy (non-hydrogen) atoms. The maximum Gasteiger partial charge on any atom is 0.257 e. The maximum absolute atomic E-state index is 13.7. The number of benzene rings is 2. The lowest BCUT2D eigenvalue weighted by molar-refractivity contribution is 0.0977. The lowest BCUT2D eigenvalue weighted by atomic mass is 10.2. The molecule has 1 amide bonds. The first-order chi connectivity index (χ1) is 9.95. The number of hydrogen-bond acceptors (Lipinski definition) is 2. The van der Waals surface area contributed by atoms with E-state index in [0.717, 1.165) is 7.14 Å². The first-order valence-corrected chi connectivity index (χ1v) is 8.35. The largest absolute Gasteiger partial charge is 0.330 e. The lowest BCUT2D eigenvalue weighted by Gasteiger charge is -2.10. The van der Waals surface area contributed by atoms with Crippen LogP contribution in [-0.4, -0.2) is 11.0 Å². The van der Waals surface area contributed by atoms with Crippen LogP contribution >= 0.6 is 57.4 Å². The molecule has 0 aliphatic heterocycles. The van der Waals surface area contributed by atoms with Crippen LogP contribution in [0, 0.1) is 13.0 Å². The number of amides is 1. The molecule has 2 aromatic rings. The molecule has 0 unspecified atom stereocenters. The molecule has 3 nitrogen and oxygen atoms in total. The Morgan fingerprint density at radius 3 is 2.48 bits per heavy atom. The zero-order valence-electron chi connectivity index (χ0n) is 10.5. The Hall–Kier alpha value is -0.810. The Morgan fingerprint density at radius 2 is 1.81 bits per heavy atom. The summed E-state index contributed by atoms with van der Waals surface area (Å²) < 4.78 is 15.4. The minimum Gasteiger partial charge on any atom is -0.330 e. The van der Waals surface area contributed by atoms with Crippen molar-refractivity contribution >= 4 is 74.1 Å². The van der Waals surface area contributed by atoms with Gasteiger partial charge in [0.25, 0.3) is 5.91 Å². The summed E-state index contributed by atoms with van der Waals surface area (Å²) in [6, 6.07) is 11.8. The second-order valence-corrected chi connectivity index (χ2v) is 6.94. The van der Waals surface area contributed by atoms with Crippen LogP contribution in [0.1, 0.15) is 10.4 Å². The minimum absolute atomic E-state index is 0.0546. The van der Waals surface area contributed by atoms with Gasteiger partial charge in [0.2, 0.25) is 0 Å². The fourth-order valence-corrected chi connectivity index (χ4v) is 2.75. The molecule has 0 radical (unpaired) electrons. The first-order valence-electron chi connectivity index (χ1n) is 5.78. The van der Waals surface area contributed by atoms with Gasteiger partial charge in [0.1, 0.15) is 5.82 Å². The van der Waals surface area contributed by atoms with E-state index in [9.17, 15) is 9.18 Å². The first kappa shape index (κ1) is 16.6. The summed E-state index contributed by atoms with van der Waals surface area (Å²) in [5, 5.41) is 5.25. The van der Waals surface area contributed by atoms with Crippen molar-refractivity contribution in [3.63, 3.8) is 0 Å². The molecule has 0 fully saturated rings. The molecule has 0 saturated carbocycles. The van der Waals surface area contributed by atoms with Gasteiger partial charge >= 0.3 is 0 Å². The quantitative estimate of drug-likeness (QED) is 0.457. The highest BCUT2D eigenvalue weighted by Crippen LogP contribution is 2.17. The van der Waals surface area contributed by atoms with Crippen molar-refractivity contribution in [2.24, 2.45) is 0 Å². The van der Waals surface area contributed by atoms with Gasteiger partial charge in [-0.05, 0) is 93.8 Å². The zero-order valence-corrected chi connectivity index (χ0v) is 15.6. The average Bonchev–Trinajstić information content (AvgIpc) is 2.42. The van der Waals surface area contributed by atoms with Crippen LogP contribution < -0.4 is 10.6 Å². The number of hydrogen-bond donors (Lipinski definition) is 2. The molecule has 0 saturated heterocycles. The summed E-state index contributed by atoms with van der Waals surface area (Å²) in [5.41, 5.74) is 0.720. The predicted molar refractivity (Wildman–Crippen MR) is 102 cm³/mol. The number of thiocarbonyl (C=S) groups is 1. The molecule has 0 heterocycles. The third-order valence-corrected chi connectivity index (χ3v) is 4.04. The van der Waals surface area contributed by atoms with Gasteiger partial charge in [-0.15, -0.1) is 0 Å². The number of anilines is 1. The highest BCUT2D eigenvalue weighted by atomic mass is 127. The third kappa shape index (κ3) is 4.85. The van der Waals surface area contributed by atoms with Crippen molar-refractivity contribution in [2.45, 2.75) is 0 Å². The van der Waals surface area contributed by atoms with Crippen molar-refractivity contribution in [3.05, 3.63) is 61.0 Å². The minimum atomic E-state index is -0.423. The number of halogens is 3. The third-order valence-electron chi connectivity index (χ3n) is 2.49. The van der Waals surface area contributed by atoms with E-state index in [0.29, 0.717) is 5.56 Å². The van der Waals surface area contributed by atoms with Gasteiger partial charge in [-0.25, -0.2) is 4.39 Å². The highest BCUT2D eigenvalue weighted by Gasteiger charge is 2.10. The second-order valence-electron chi connectivity index (χ2n) is 4.04. The van der Waals surface area contributed by atoms with E-state index in [-0.39, 0.29) is 16.7 Å². The highest BCUT2D eigenvalue weighted by molar-refractivity contribution is 14.1. The number of nitrogens with one attached hydrogen (secondary N) is 2. The smallest absolute Gasteiger partial charge is 0.257 e. The van der Waals surface area contributed by atoms with Gasteiger partial charge in [-0.1, -0.05) is 6.07 Å². The fraction of sp³-hybridized carbons (Fsp3) is 0. The van der Waals surface area contributed by atoms with Crippen LogP contribution in [0.25, 0.3) is 0 Å². The van der Waals surface area contributed by atoms with Crippen molar-refractivity contribution in [3.8, 4) is 0 Å².